The number of benzene rings is 1. The van der Waals surface area contributed by atoms with E-state index in [0.29, 0.717) is 17.0 Å². The third kappa shape index (κ3) is 2.88. The molecule has 4 nitrogen and oxygen atoms in total. The van der Waals surface area contributed by atoms with Crippen molar-refractivity contribution in [1.82, 2.24) is 9.88 Å². The number of carbonyl (C=O) groups is 1. The molecule has 0 radical (unpaired) electrons. The number of aromatic amines is 1. The lowest BCUT2D eigenvalue weighted by atomic mass is 10.1. The molecule has 0 unspecified atom stereocenters. The molecule has 2 aromatic heterocycles. The van der Waals surface area contributed by atoms with Crippen molar-refractivity contribution in [1.29, 1.82) is 0 Å². The number of halogens is 1. The maximum absolute atomic E-state index is 12.2. The van der Waals surface area contributed by atoms with Crippen LogP contribution in [0.2, 0.25) is 0 Å². The number of hydrogen-bond acceptors (Lipinski definition) is 2. The van der Waals surface area contributed by atoms with E-state index in [4.69, 9.17) is 4.42 Å². The summed E-state index contributed by atoms with van der Waals surface area (Å²) in [7, 11) is 1.79. The number of likely N-dealkylation sites (N-methyl/N-ethyl adjacent to an activating group) is 1. The Kier molecular flexibility index (Phi) is 3.84. The Morgan fingerprint density at radius 2 is 2.10 bits per heavy atom. The molecular weight excluding hydrogens is 332 g/mol. The molecule has 1 N–H and O–H groups in total. The van der Waals surface area contributed by atoms with E-state index < -0.39 is 0 Å². The highest BCUT2D eigenvalue weighted by Crippen LogP contribution is 2.19. The van der Waals surface area contributed by atoms with Crippen LogP contribution in [0.4, 0.5) is 0 Å². The fraction of sp³-hybridized carbons (Fsp3) is 0.188. The molecule has 0 fully saturated rings. The van der Waals surface area contributed by atoms with Crippen molar-refractivity contribution in [2.45, 2.75) is 6.42 Å². The second kappa shape index (κ2) is 5.77. The van der Waals surface area contributed by atoms with Crippen molar-refractivity contribution in [3.63, 3.8) is 0 Å². The van der Waals surface area contributed by atoms with Crippen LogP contribution in [0.15, 0.2) is 51.7 Å². The molecule has 108 valence electrons. The van der Waals surface area contributed by atoms with Gasteiger partial charge in [-0.25, -0.2) is 0 Å². The summed E-state index contributed by atoms with van der Waals surface area (Å²) in [5.41, 5.74) is 2.34. The Hall–Kier alpha value is -2.01. The van der Waals surface area contributed by atoms with Crippen LogP contribution in [-0.2, 0) is 6.42 Å². The van der Waals surface area contributed by atoms with Gasteiger partial charge < -0.3 is 14.3 Å². The van der Waals surface area contributed by atoms with E-state index in [1.807, 2.05) is 24.4 Å². The highest BCUT2D eigenvalue weighted by atomic mass is 79.9. The predicted octanol–water partition coefficient (Wildman–Crippen LogP) is 3.84. The zero-order chi connectivity index (χ0) is 14.8. The predicted molar refractivity (Wildman–Crippen MR) is 85.4 cm³/mol. The Morgan fingerprint density at radius 1 is 1.29 bits per heavy atom. The number of nitrogens with one attached hydrogen (secondary N) is 1. The van der Waals surface area contributed by atoms with E-state index >= 15 is 0 Å². The number of carbonyl (C=O) groups excluding carboxylic acids is 1. The van der Waals surface area contributed by atoms with Crippen molar-refractivity contribution in [3.8, 4) is 0 Å². The lowest BCUT2D eigenvalue weighted by Gasteiger charge is -2.15. The van der Waals surface area contributed by atoms with Crippen LogP contribution < -0.4 is 0 Å². The van der Waals surface area contributed by atoms with E-state index in [1.165, 1.54) is 10.9 Å². The molecule has 0 atom stereocenters. The summed E-state index contributed by atoms with van der Waals surface area (Å²) >= 11 is 3.21. The number of furan rings is 1. The van der Waals surface area contributed by atoms with Crippen LogP contribution in [0.1, 0.15) is 16.1 Å². The average Bonchev–Trinajstić information content (AvgIpc) is 3.10. The van der Waals surface area contributed by atoms with Gasteiger partial charge in [-0.2, -0.15) is 0 Å². The molecule has 0 aliphatic heterocycles. The number of fused-ring (bicyclic) bond motifs is 1. The van der Waals surface area contributed by atoms with Gasteiger partial charge in [-0.3, -0.25) is 4.79 Å². The van der Waals surface area contributed by atoms with Crippen molar-refractivity contribution in [2.75, 3.05) is 13.6 Å². The normalized spacial score (nSPS) is 11.0. The Morgan fingerprint density at radius 3 is 2.86 bits per heavy atom. The molecule has 3 rings (SSSR count). The number of amides is 1. The number of nitrogens with zero attached hydrogens (tertiary/aromatic N) is 1. The molecule has 0 bridgehead atoms. The van der Waals surface area contributed by atoms with Crippen LogP contribution >= 0.6 is 15.9 Å². The lowest BCUT2D eigenvalue weighted by molar-refractivity contribution is 0.0764. The first-order valence-electron chi connectivity index (χ1n) is 6.71. The maximum Gasteiger partial charge on any atom is 0.289 e. The van der Waals surface area contributed by atoms with Gasteiger partial charge in [0.1, 0.15) is 0 Å². The quantitative estimate of drug-likeness (QED) is 0.780. The molecule has 1 amide bonds. The van der Waals surface area contributed by atoms with Crippen LogP contribution in [0.25, 0.3) is 10.9 Å². The Balaban J connectivity index is 1.68. The first-order chi connectivity index (χ1) is 10.1. The van der Waals surface area contributed by atoms with Crippen LogP contribution in [0.5, 0.6) is 0 Å². The topological polar surface area (TPSA) is 49.2 Å². The first kappa shape index (κ1) is 13.9. The number of rotatable bonds is 4. The number of H-pyrrole nitrogens is 1. The molecule has 21 heavy (non-hydrogen) atoms. The van der Waals surface area contributed by atoms with Crippen LogP contribution in [0, 0.1) is 0 Å². The molecule has 0 aliphatic carbocycles. The molecule has 0 saturated heterocycles. The SMILES string of the molecule is CN(CCc1c[nH]c2ccccc12)C(=O)c1ccc(Br)o1. The van der Waals surface area contributed by atoms with E-state index in [-0.39, 0.29) is 5.91 Å². The molecule has 0 spiro atoms. The van der Waals surface area contributed by atoms with Gasteiger partial charge in [0.25, 0.3) is 5.91 Å². The summed E-state index contributed by atoms with van der Waals surface area (Å²) in [5.74, 6) is 0.240. The second-order valence-corrected chi connectivity index (χ2v) is 5.72. The molecular formula is C16H15BrN2O2. The summed E-state index contributed by atoms with van der Waals surface area (Å²) in [6.45, 7) is 0.638. The van der Waals surface area contributed by atoms with Crippen molar-refractivity contribution < 1.29 is 9.21 Å². The monoisotopic (exact) mass is 346 g/mol. The maximum atomic E-state index is 12.2. The van der Waals surface area contributed by atoms with E-state index in [1.54, 1.807) is 24.1 Å². The smallest absolute Gasteiger partial charge is 0.289 e. The summed E-state index contributed by atoms with van der Waals surface area (Å²) in [5, 5.41) is 1.21. The third-order valence-corrected chi connectivity index (χ3v) is 3.95. The molecule has 5 heteroatoms. The standard InChI is InChI=1S/C16H15BrN2O2/c1-19(16(20)14-6-7-15(17)21-14)9-8-11-10-18-13-5-3-2-4-12(11)13/h2-7,10,18H,8-9H2,1H3. The van der Waals surface area contributed by atoms with E-state index in [9.17, 15) is 4.79 Å². The molecule has 1 aromatic carbocycles. The van der Waals surface area contributed by atoms with Crippen LogP contribution in [0.3, 0.4) is 0 Å². The number of hydrogen-bond donors (Lipinski definition) is 1. The van der Waals surface area contributed by atoms with Gasteiger partial charge in [-0.15, -0.1) is 0 Å². The zero-order valence-electron chi connectivity index (χ0n) is 11.6. The van der Waals surface area contributed by atoms with E-state index in [0.717, 1.165) is 11.9 Å². The van der Waals surface area contributed by atoms with Gasteiger partial charge in [0.05, 0.1) is 0 Å². The largest absolute Gasteiger partial charge is 0.444 e. The van der Waals surface area contributed by atoms with Crippen molar-refractivity contribution in [3.05, 3.63) is 58.6 Å². The van der Waals surface area contributed by atoms with Gasteiger partial charge in [0.15, 0.2) is 10.4 Å². The second-order valence-electron chi connectivity index (χ2n) is 4.94. The molecule has 3 aromatic rings. The van der Waals surface area contributed by atoms with Gasteiger partial charge in [-0.1, -0.05) is 18.2 Å². The van der Waals surface area contributed by atoms with Gasteiger partial charge >= 0.3 is 0 Å². The van der Waals surface area contributed by atoms with Crippen LogP contribution in [-0.4, -0.2) is 29.4 Å². The summed E-state index contributed by atoms with van der Waals surface area (Å²) in [4.78, 5) is 17.1. The summed E-state index contributed by atoms with van der Waals surface area (Å²) in [6, 6.07) is 11.6. The minimum absolute atomic E-state index is 0.111. The van der Waals surface area contributed by atoms with Gasteiger partial charge in [0, 0.05) is 30.7 Å². The minimum Gasteiger partial charge on any atom is -0.444 e. The first-order valence-corrected chi connectivity index (χ1v) is 7.50. The highest BCUT2D eigenvalue weighted by molar-refractivity contribution is 9.10. The average molecular weight is 347 g/mol. The summed E-state index contributed by atoms with van der Waals surface area (Å²) in [6.07, 6.45) is 2.81. The Bertz CT molecular complexity index is 775. The fourth-order valence-corrected chi connectivity index (χ4v) is 2.65. The van der Waals surface area contributed by atoms with E-state index in [2.05, 4.69) is 27.0 Å². The fourth-order valence-electron chi connectivity index (χ4n) is 2.35. The Labute approximate surface area is 130 Å². The van der Waals surface area contributed by atoms with Gasteiger partial charge in [0.2, 0.25) is 0 Å². The number of aromatic nitrogens is 1. The number of para-hydroxylation sites is 1. The molecule has 0 aliphatic rings. The van der Waals surface area contributed by atoms with Crippen molar-refractivity contribution >= 4 is 32.7 Å². The lowest BCUT2D eigenvalue weighted by Crippen LogP contribution is -2.28. The summed E-state index contributed by atoms with van der Waals surface area (Å²) < 4.78 is 5.86. The third-order valence-electron chi connectivity index (χ3n) is 3.52. The van der Waals surface area contributed by atoms with Gasteiger partial charge in [-0.05, 0) is 46.1 Å². The minimum atomic E-state index is -0.111. The molecule has 2 heterocycles. The van der Waals surface area contributed by atoms with Crippen molar-refractivity contribution in [2.24, 2.45) is 0 Å². The molecule has 0 saturated carbocycles. The zero-order valence-corrected chi connectivity index (χ0v) is 13.2. The highest BCUT2D eigenvalue weighted by Gasteiger charge is 2.15.